The fourth-order valence-electron chi connectivity index (χ4n) is 3.44. The summed E-state index contributed by atoms with van der Waals surface area (Å²) in [5.41, 5.74) is 0.746. The lowest BCUT2D eigenvalue weighted by molar-refractivity contribution is 0.0673. The zero-order valence-electron chi connectivity index (χ0n) is 14.3. The highest BCUT2D eigenvalue weighted by Gasteiger charge is 2.26. The number of anilines is 1. The SMILES string of the molecule is C[C@@H]1CN(C(=O)c2ccnc(N3CCN(C)CC3)c2)C[C@@H](C)N1. The first-order valence-electron chi connectivity index (χ1n) is 8.48. The topological polar surface area (TPSA) is 51.7 Å². The quantitative estimate of drug-likeness (QED) is 0.868. The molecule has 0 aliphatic carbocycles. The molecule has 23 heavy (non-hydrogen) atoms. The number of likely N-dealkylation sites (N-methyl/N-ethyl adjacent to an activating group) is 1. The highest BCUT2D eigenvalue weighted by molar-refractivity contribution is 5.95. The lowest BCUT2D eigenvalue weighted by Crippen LogP contribution is -2.55. The molecule has 1 aromatic rings. The van der Waals surface area contributed by atoms with Crippen LogP contribution in [0.15, 0.2) is 18.3 Å². The van der Waals surface area contributed by atoms with Gasteiger partial charge in [0.05, 0.1) is 0 Å². The summed E-state index contributed by atoms with van der Waals surface area (Å²) in [6, 6.07) is 4.45. The van der Waals surface area contributed by atoms with Crippen LogP contribution in [0.3, 0.4) is 0 Å². The number of aromatic nitrogens is 1. The summed E-state index contributed by atoms with van der Waals surface area (Å²) >= 11 is 0. The normalized spacial score (nSPS) is 26.4. The number of amides is 1. The van der Waals surface area contributed by atoms with Gasteiger partial charge in [0.1, 0.15) is 5.82 Å². The Labute approximate surface area is 138 Å². The maximum absolute atomic E-state index is 12.8. The van der Waals surface area contributed by atoms with E-state index < -0.39 is 0 Å². The first kappa shape index (κ1) is 16.2. The average molecular weight is 317 g/mol. The van der Waals surface area contributed by atoms with E-state index >= 15 is 0 Å². The predicted octanol–water partition coefficient (Wildman–Crippen LogP) is 0.656. The maximum Gasteiger partial charge on any atom is 0.254 e. The van der Waals surface area contributed by atoms with Crippen molar-refractivity contribution in [1.82, 2.24) is 20.1 Å². The smallest absolute Gasteiger partial charge is 0.254 e. The van der Waals surface area contributed by atoms with Crippen LogP contribution in [0.5, 0.6) is 0 Å². The average Bonchev–Trinajstić information content (AvgIpc) is 2.54. The Morgan fingerprint density at radius 3 is 2.48 bits per heavy atom. The number of carbonyl (C=O) groups excluding carboxylic acids is 1. The number of nitrogens with one attached hydrogen (secondary N) is 1. The molecule has 1 aromatic heterocycles. The van der Waals surface area contributed by atoms with Gasteiger partial charge in [-0.2, -0.15) is 0 Å². The largest absolute Gasteiger partial charge is 0.354 e. The van der Waals surface area contributed by atoms with Crippen molar-refractivity contribution in [2.24, 2.45) is 0 Å². The zero-order valence-corrected chi connectivity index (χ0v) is 14.3. The Kier molecular flexibility index (Phi) is 4.82. The summed E-state index contributed by atoms with van der Waals surface area (Å²) in [6.07, 6.45) is 1.76. The molecule has 2 aliphatic rings. The summed E-state index contributed by atoms with van der Waals surface area (Å²) in [6.45, 7) is 9.76. The Morgan fingerprint density at radius 1 is 1.17 bits per heavy atom. The fourth-order valence-corrected chi connectivity index (χ4v) is 3.44. The van der Waals surface area contributed by atoms with Gasteiger partial charge < -0.3 is 20.0 Å². The van der Waals surface area contributed by atoms with Crippen LogP contribution in [0.2, 0.25) is 0 Å². The molecule has 0 saturated carbocycles. The molecule has 126 valence electrons. The van der Waals surface area contributed by atoms with Gasteiger partial charge >= 0.3 is 0 Å². The van der Waals surface area contributed by atoms with Crippen LogP contribution < -0.4 is 10.2 Å². The molecule has 0 radical (unpaired) electrons. The van der Waals surface area contributed by atoms with Crippen molar-refractivity contribution in [3.8, 4) is 0 Å². The molecule has 0 aromatic carbocycles. The van der Waals surface area contributed by atoms with E-state index in [-0.39, 0.29) is 5.91 Å². The van der Waals surface area contributed by atoms with Gasteiger partial charge in [0, 0.05) is 63.1 Å². The van der Waals surface area contributed by atoms with Crippen LogP contribution in [0.25, 0.3) is 0 Å². The van der Waals surface area contributed by atoms with Crippen molar-refractivity contribution >= 4 is 11.7 Å². The lowest BCUT2D eigenvalue weighted by atomic mass is 10.1. The molecule has 3 heterocycles. The number of piperazine rings is 2. The molecular weight excluding hydrogens is 290 g/mol. The van der Waals surface area contributed by atoms with E-state index in [1.54, 1.807) is 6.20 Å². The second-order valence-corrected chi connectivity index (χ2v) is 6.87. The Hall–Kier alpha value is -1.66. The van der Waals surface area contributed by atoms with E-state index in [1.807, 2.05) is 17.0 Å². The van der Waals surface area contributed by atoms with Crippen molar-refractivity contribution in [2.75, 3.05) is 51.2 Å². The van der Waals surface area contributed by atoms with Gasteiger partial charge in [-0.05, 0) is 33.0 Å². The van der Waals surface area contributed by atoms with Crippen LogP contribution in [0, 0.1) is 0 Å². The van der Waals surface area contributed by atoms with Gasteiger partial charge in [-0.25, -0.2) is 4.98 Å². The minimum Gasteiger partial charge on any atom is -0.354 e. The number of hydrogen-bond acceptors (Lipinski definition) is 5. The van der Waals surface area contributed by atoms with Crippen LogP contribution in [-0.4, -0.2) is 79.1 Å². The molecule has 2 atom stereocenters. The highest BCUT2D eigenvalue weighted by Crippen LogP contribution is 2.17. The van der Waals surface area contributed by atoms with E-state index in [1.165, 1.54) is 0 Å². The van der Waals surface area contributed by atoms with Gasteiger partial charge in [-0.15, -0.1) is 0 Å². The Bertz CT molecular complexity index is 546. The molecule has 1 amide bonds. The minimum absolute atomic E-state index is 0.114. The summed E-state index contributed by atoms with van der Waals surface area (Å²) in [5, 5.41) is 3.46. The van der Waals surface area contributed by atoms with Gasteiger partial charge in [-0.3, -0.25) is 4.79 Å². The van der Waals surface area contributed by atoms with Gasteiger partial charge in [0.15, 0.2) is 0 Å². The Balaban J connectivity index is 1.72. The molecule has 6 heteroatoms. The molecule has 0 unspecified atom stereocenters. The molecule has 2 aliphatic heterocycles. The molecule has 6 nitrogen and oxygen atoms in total. The fraction of sp³-hybridized carbons (Fsp3) is 0.647. The number of pyridine rings is 1. The van der Waals surface area contributed by atoms with E-state index in [2.05, 4.69) is 41.0 Å². The first-order valence-corrected chi connectivity index (χ1v) is 8.48. The number of nitrogens with zero attached hydrogens (tertiary/aromatic N) is 4. The first-order chi connectivity index (χ1) is 11.0. The van der Waals surface area contributed by atoms with E-state index in [0.29, 0.717) is 12.1 Å². The molecule has 1 N–H and O–H groups in total. The minimum atomic E-state index is 0.114. The summed E-state index contributed by atoms with van der Waals surface area (Å²) in [7, 11) is 2.14. The van der Waals surface area contributed by atoms with Gasteiger partial charge in [0.25, 0.3) is 5.91 Å². The molecule has 3 rings (SSSR count). The third-order valence-corrected chi connectivity index (χ3v) is 4.66. The monoisotopic (exact) mass is 317 g/mol. The predicted molar refractivity (Wildman–Crippen MR) is 91.9 cm³/mol. The molecular formula is C17H27N5O. The second kappa shape index (κ2) is 6.84. The van der Waals surface area contributed by atoms with E-state index in [9.17, 15) is 4.79 Å². The Morgan fingerprint density at radius 2 is 1.83 bits per heavy atom. The summed E-state index contributed by atoms with van der Waals surface area (Å²) in [5.74, 6) is 1.03. The van der Waals surface area contributed by atoms with Crippen molar-refractivity contribution in [3.05, 3.63) is 23.9 Å². The molecule has 2 saturated heterocycles. The maximum atomic E-state index is 12.8. The van der Waals surface area contributed by atoms with Crippen LogP contribution >= 0.6 is 0 Å². The third kappa shape index (κ3) is 3.82. The van der Waals surface area contributed by atoms with Crippen LogP contribution in [0.1, 0.15) is 24.2 Å². The zero-order chi connectivity index (χ0) is 16.4. The number of rotatable bonds is 2. The van der Waals surface area contributed by atoms with E-state index in [0.717, 1.165) is 50.6 Å². The van der Waals surface area contributed by atoms with Crippen molar-refractivity contribution in [2.45, 2.75) is 25.9 Å². The van der Waals surface area contributed by atoms with Gasteiger partial charge in [0.2, 0.25) is 0 Å². The second-order valence-electron chi connectivity index (χ2n) is 6.87. The van der Waals surface area contributed by atoms with Crippen molar-refractivity contribution in [3.63, 3.8) is 0 Å². The third-order valence-electron chi connectivity index (χ3n) is 4.66. The molecule has 2 fully saturated rings. The van der Waals surface area contributed by atoms with Gasteiger partial charge in [-0.1, -0.05) is 0 Å². The number of carbonyl (C=O) groups is 1. The summed E-state index contributed by atoms with van der Waals surface area (Å²) < 4.78 is 0. The highest BCUT2D eigenvalue weighted by atomic mass is 16.2. The van der Waals surface area contributed by atoms with Crippen molar-refractivity contribution < 1.29 is 4.79 Å². The molecule has 0 bridgehead atoms. The standard InChI is InChI=1S/C17H27N5O/c1-13-11-22(12-14(2)19-13)17(23)15-4-5-18-16(10-15)21-8-6-20(3)7-9-21/h4-5,10,13-14,19H,6-9,11-12H2,1-3H3/t13-,14-/m1/s1. The van der Waals surface area contributed by atoms with Crippen molar-refractivity contribution in [1.29, 1.82) is 0 Å². The van der Waals surface area contributed by atoms with Crippen LogP contribution in [-0.2, 0) is 0 Å². The van der Waals surface area contributed by atoms with E-state index in [4.69, 9.17) is 0 Å². The van der Waals surface area contributed by atoms with Crippen LogP contribution in [0.4, 0.5) is 5.82 Å². The molecule has 0 spiro atoms. The summed E-state index contributed by atoms with van der Waals surface area (Å²) in [4.78, 5) is 23.8. The number of hydrogen-bond donors (Lipinski definition) is 1. The lowest BCUT2D eigenvalue weighted by Gasteiger charge is -2.36.